The van der Waals surface area contributed by atoms with Crippen LogP contribution in [0.5, 0.6) is 0 Å². The number of rotatable bonds is 6. The lowest BCUT2D eigenvalue weighted by Crippen LogP contribution is -2.64. The average molecular weight is 632 g/mol. The van der Waals surface area contributed by atoms with Crippen LogP contribution in [0.4, 0.5) is 0 Å². The van der Waals surface area contributed by atoms with E-state index in [4.69, 9.17) is 0 Å². The van der Waals surface area contributed by atoms with Crippen molar-refractivity contribution in [1.29, 1.82) is 0 Å². The standard InChI is InChI=1S/C41H61NO4/c1-26-11-9-10-12-27(26)23-30(35(45)46)42-34(44)25-41-21-19-36(2,3)24-29(41)28-13-14-32-38(6)17-16-33(43)37(4,5)31(38)15-18-40(32,8)39(28,7)20-22-41/h9-13,29-33,43H,14-25H2,1-8H3,(H,42,44)(H,45,46)/t29-,30?,31-,32+,33-,38-,39+,40+,41+/m0/s1. The number of carbonyl (C=O) groups is 2. The third-order valence-electron chi connectivity index (χ3n) is 15.6. The van der Waals surface area contributed by atoms with Gasteiger partial charge in [0.2, 0.25) is 5.91 Å². The van der Waals surface area contributed by atoms with Crippen LogP contribution in [-0.2, 0) is 16.0 Å². The number of carboxylic acids is 1. The van der Waals surface area contributed by atoms with E-state index in [1.807, 2.05) is 31.2 Å². The lowest BCUT2D eigenvalue weighted by Gasteiger charge is -2.71. The summed E-state index contributed by atoms with van der Waals surface area (Å²) in [5.41, 5.74) is 4.13. The number of amides is 1. The minimum Gasteiger partial charge on any atom is -0.480 e. The first-order valence-electron chi connectivity index (χ1n) is 18.3. The molecule has 0 saturated heterocycles. The molecule has 0 aliphatic heterocycles. The highest BCUT2D eigenvalue weighted by molar-refractivity contribution is 5.84. The quantitative estimate of drug-likeness (QED) is 0.274. The predicted octanol–water partition coefficient (Wildman–Crippen LogP) is 8.66. The van der Waals surface area contributed by atoms with E-state index in [2.05, 4.69) is 59.9 Å². The summed E-state index contributed by atoms with van der Waals surface area (Å²) < 4.78 is 0. The van der Waals surface area contributed by atoms with Crippen LogP contribution in [-0.4, -0.2) is 34.2 Å². The van der Waals surface area contributed by atoms with Crippen molar-refractivity contribution in [3.63, 3.8) is 0 Å². The summed E-state index contributed by atoms with van der Waals surface area (Å²) in [6, 6.07) is 6.92. The number of aryl methyl sites for hydroxylation is 1. The molecule has 0 radical (unpaired) electrons. The summed E-state index contributed by atoms with van der Waals surface area (Å²) in [6.07, 6.45) is 13.9. The zero-order chi connectivity index (χ0) is 33.5. The average Bonchev–Trinajstić information content (AvgIpc) is 2.97. The lowest BCUT2D eigenvalue weighted by molar-refractivity contribution is -0.203. The maximum atomic E-state index is 13.9. The molecule has 46 heavy (non-hydrogen) atoms. The third kappa shape index (κ3) is 5.12. The number of carbonyl (C=O) groups excluding carboxylic acids is 1. The van der Waals surface area contributed by atoms with Crippen LogP contribution in [0.1, 0.15) is 130 Å². The molecule has 5 nitrogen and oxygen atoms in total. The first-order valence-corrected chi connectivity index (χ1v) is 18.3. The molecule has 1 aromatic rings. The zero-order valence-electron chi connectivity index (χ0n) is 30.0. The Balaban J connectivity index is 1.30. The molecule has 254 valence electrons. The van der Waals surface area contributed by atoms with Gasteiger partial charge in [0.15, 0.2) is 0 Å². The second-order valence-electron chi connectivity index (χ2n) is 18.7. The molecule has 0 spiro atoms. The van der Waals surface area contributed by atoms with Gasteiger partial charge in [0.25, 0.3) is 0 Å². The Morgan fingerprint density at radius 2 is 1.61 bits per heavy atom. The highest BCUT2D eigenvalue weighted by Crippen LogP contribution is 2.76. The number of nitrogens with one attached hydrogen (secondary N) is 1. The van der Waals surface area contributed by atoms with E-state index in [1.54, 1.807) is 5.57 Å². The topological polar surface area (TPSA) is 86.6 Å². The molecule has 1 unspecified atom stereocenters. The van der Waals surface area contributed by atoms with Crippen molar-refractivity contribution in [2.75, 3.05) is 0 Å². The predicted molar refractivity (Wildman–Crippen MR) is 184 cm³/mol. The molecule has 1 aromatic carbocycles. The van der Waals surface area contributed by atoms with E-state index in [-0.39, 0.29) is 44.5 Å². The summed E-state index contributed by atoms with van der Waals surface area (Å²) in [6.45, 7) is 19.2. The third-order valence-corrected chi connectivity index (χ3v) is 15.6. The van der Waals surface area contributed by atoms with Gasteiger partial charge in [0.05, 0.1) is 6.10 Å². The van der Waals surface area contributed by atoms with Gasteiger partial charge in [0, 0.05) is 12.8 Å². The molecule has 4 saturated carbocycles. The molecule has 5 heteroatoms. The van der Waals surface area contributed by atoms with Gasteiger partial charge in [-0.15, -0.1) is 0 Å². The number of hydrogen-bond acceptors (Lipinski definition) is 3. The molecule has 0 bridgehead atoms. The van der Waals surface area contributed by atoms with Gasteiger partial charge in [-0.3, -0.25) is 4.79 Å². The summed E-state index contributed by atoms with van der Waals surface area (Å²) in [5.74, 6) is 0.383. The highest BCUT2D eigenvalue weighted by atomic mass is 16.4. The molecule has 1 amide bonds. The number of fused-ring (bicyclic) bond motifs is 7. The molecule has 5 aliphatic carbocycles. The van der Waals surface area contributed by atoms with Crippen molar-refractivity contribution in [3.8, 4) is 0 Å². The Bertz CT molecular complexity index is 1410. The van der Waals surface area contributed by atoms with E-state index in [0.29, 0.717) is 30.6 Å². The van der Waals surface area contributed by atoms with Gasteiger partial charge in [-0.1, -0.05) is 84.4 Å². The van der Waals surface area contributed by atoms with Gasteiger partial charge in [-0.05, 0) is 133 Å². The smallest absolute Gasteiger partial charge is 0.326 e. The summed E-state index contributed by atoms with van der Waals surface area (Å²) in [5, 5.41) is 24.2. The molecule has 0 aromatic heterocycles. The Morgan fingerprint density at radius 1 is 0.913 bits per heavy atom. The summed E-state index contributed by atoms with van der Waals surface area (Å²) >= 11 is 0. The Hall–Kier alpha value is -2.14. The maximum absolute atomic E-state index is 13.9. The second kappa shape index (κ2) is 11.2. The van der Waals surface area contributed by atoms with E-state index >= 15 is 0 Å². The van der Waals surface area contributed by atoms with E-state index in [9.17, 15) is 19.8 Å². The molecule has 0 heterocycles. The van der Waals surface area contributed by atoms with Crippen molar-refractivity contribution in [3.05, 3.63) is 47.0 Å². The van der Waals surface area contributed by atoms with Crippen LogP contribution >= 0.6 is 0 Å². The molecule has 3 N–H and O–H groups in total. The Morgan fingerprint density at radius 3 is 2.30 bits per heavy atom. The number of carboxylic acid groups (broad SMARTS) is 1. The van der Waals surface area contributed by atoms with Gasteiger partial charge in [-0.25, -0.2) is 4.79 Å². The molecule has 5 aliphatic rings. The van der Waals surface area contributed by atoms with Crippen LogP contribution in [0.2, 0.25) is 0 Å². The Kier molecular flexibility index (Phi) is 8.22. The molecular formula is C41H61NO4. The highest BCUT2D eigenvalue weighted by Gasteiger charge is 2.68. The summed E-state index contributed by atoms with van der Waals surface area (Å²) in [7, 11) is 0. The molecule has 6 rings (SSSR count). The molecular weight excluding hydrogens is 570 g/mol. The van der Waals surface area contributed by atoms with Crippen molar-refractivity contribution in [2.45, 2.75) is 145 Å². The van der Waals surface area contributed by atoms with Crippen LogP contribution in [0.3, 0.4) is 0 Å². The van der Waals surface area contributed by atoms with Crippen LogP contribution in [0, 0.1) is 57.2 Å². The minimum atomic E-state index is -0.969. The van der Waals surface area contributed by atoms with Crippen LogP contribution in [0.15, 0.2) is 35.9 Å². The number of hydrogen-bond donors (Lipinski definition) is 3. The van der Waals surface area contributed by atoms with Crippen LogP contribution < -0.4 is 5.32 Å². The number of aliphatic carboxylic acids is 1. The van der Waals surface area contributed by atoms with Gasteiger partial charge in [0.1, 0.15) is 6.04 Å². The van der Waals surface area contributed by atoms with E-state index in [1.165, 1.54) is 12.8 Å². The van der Waals surface area contributed by atoms with E-state index < -0.39 is 12.0 Å². The first kappa shape index (κ1) is 33.7. The first-order chi connectivity index (χ1) is 21.4. The van der Waals surface area contributed by atoms with Gasteiger partial charge in [-0.2, -0.15) is 0 Å². The fourth-order valence-electron chi connectivity index (χ4n) is 12.5. The molecule has 9 atom stereocenters. The number of aliphatic hydroxyl groups is 1. The van der Waals surface area contributed by atoms with Crippen molar-refractivity contribution in [1.82, 2.24) is 5.32 Å². The number of allylic oxidation sites excluding steroid dienone is 2. The largest absolute Gasteiger partial charge is 0.480 e. The van der Waals surface area contributed by atoms with Gasteiger partial charge >= 0.3 is 5.97 Å². The number of benzene rings is 1. The summed E-state index contributed by atoms with van der Waals surface area (Å²) in [4.78, 5) is 26.3. The van der Waals surface area contributed by atoms with Crippen molar-refractivity contribution >= 4 is 11.9 Å². The van der Waals surface area contributed by atoms with Crippen LogP contribution in [0.25, 0.3) is 0 Å². The number of aliphatic hydroxyl groups excluding tert-OH is 1. The fourth-order valence-corrected chi connectivity index (χ4v) is 12.5. The van der Waals surface area contributed by atoms with E-state index in [0.717, 1.165) is 62.5 Å². The Labute approximate surface area is 278 Å². The zero-order valence-corrected chi connectivity index (χ0v) is 30.0. The minimum absolute atomic E-state index is 0.0608. The fraction of sp³-hybridized carbons (Fsp3) is 0.756. The molecule has 4 fully saturated rings. The monoisotopic (exact) mass is 631 g/mol. The SMILES string of the molecule is Cc1ccccc1CC(NC(=O)C[C@]12CCC(C)(C)C[C@H]1C1=CC[C@@H]3[C@@]4(C)CC[C@H](O)C(C)(C)[C@@H]4CC[C@@]3(C)[C@]1(C)CC2)C(=O)O. The lowest BCUT2D eigenvalue weighted by atomic mass is 9.33. The normalized spacial score (nSPS) is 41.5. The van der Waals surface area contributed by atoms with Crippen molar-refractivity contribution < 1.29 is 19.8 Å². The van der Waals surface area contributed by atoms with Crippen molar-refractivity contribution in [2.24, 2.45) is 50.2 Å². The van der Waals surface area contributed by atoms with Gasteiger partial charge < -0.3 is 15.5 Å². The second-order valence-corrected chi connectivity index (χ2v) is 18.7. The maximum Gasteiger partial charge on any atom is 0.326 e.